The van der Waals surface area contributed by atoms with Gasteiger partial charge in [0.1, 0.15) is 0 Å². The van der Waals surface area contributed by atoms with E-state index in [1.54, 1.807) is 31.2 Å². The predicted octanol–water partition coefficient (Wildman–Crippen LogP) is 0.857. The van der Waals surface area contributed by atoms with Crippen LogP contribution in [0.2, 0.25) is 0 Å². The summed E-state index contributed by atoms with van der Waals surface area (Å²) in [5.74, 6) is -0.0797. The summed E-state index contributed by atoms with van der Waals surface area (Å²) in [6.07, 6.45) is 0. The molecule has 12 heavy (non-hydrogen) atoms. The molecule has 3 heteroatoms. The van der Waals surface area contributed by atoms with Crippen molar-refractivity contribution in [2.24, 2.45) is 0 Å². The van der Waals surface area contributed by atoms with Crippen molar-refractivity contribution in [3.63, 3.8) is 0 Å². The van der Waals surface area contributed by atoms with Crippen molar-refractivity contribution in [3.8, 4) is 0 Å². The van der Waals surface area contributed by atoms with Crippen LogP contribution in [0.1, 0.15) is 12.5 Å². The Bertz CT molecular complexity index is 393. The van der Waals surface area contributed by atoms with Gasteiger partial charge in [-0.3, -0.25) is 0 Å². The van der Waals surface area contributed by atoms with Crippen LogP contribution in [-0.4, -0.2) is 4.21 Å². The molecule has 1 heterocycles. The van der Waals surface area contributed by atoms with E-state index in [1.165, 1.54) is 0 Å². The molecular formula is C9H7O2S-. The van der Waals surface area contributed by atoms with Gasteiger partial charge in [0, 0.05) is 9.80 Å². The molecule has 2 nitrogen and oxygen atoms in total. The molecule has 0 aromatic heterocycles. The van der Waals surface area contributed by atoms with Gasteiger partial charge in [0.2, 0.25) is 0 Å². The molecule has 0 amide bonds. The van der Waals surface area contributed by atoms with E-state index < -0.39 is 10.8 Å². The summed E-state index contributed by atoms with van der Waals surface area (Å²) >= 11 is 0. The normalized spacial score (nSPS) is 21.2. The maximum Gasteiger partial charge on any atom is 0.0805 e. The smallest absolute Gasteiger partial charge is 0.0805 e. The Hall–Kier alpha value is -1.09. The van der Waals surface area contributed by atoms with Crippen LogP contribution in [0, 0.1) is 0 Å². The van der Waals surface area contributed by atoms with Crippen molar-refractivity contribution in [3.05, 3.63) is 34.7 Å². The molecule has 1 aromatic carbocycles. The quantitative estimate of drug-likeness (QED) is 0.592. The minimum absolute atomic E-state index is 0.0797. The molecule has 1 aliphatic heterocycles. The van der Waals surface area contributed by atoms with E-state index in [9.17, 15) is 9.32 Å². The third kappa shape index (κ3) is 0.830. The number of fused-ring (bicyclic) bond motifs is 1. The summed E-state index contributed by atoms with van der Waals surface area (Å²) in [5.41, 5.74) is 0.591. The van der Waals surface area contributed by atoms with Crippen molar-refractivity contribution in [1.29, 1.82) is 0 Å². The molecule has 0 spiro atoms. The molecule has 2 rings (SSSR count). The zero-order chi connectivity index (χ0) is 8.72. The SMILES string of the molecule is CC1=C([O-])c2ccccc2S1=O. The number of rotatable bonds is 0. The maximum absolute atomic E-state index is 11.5. The van der Waals surface area contributed by atoms with E-state index in [0.29, 0.717) is 15.4 Å². The molecule has 0 radical (unpaired) electrons. The largest absolute Gasteiger partial charge is 0.871 e. The molecular weight excluding hydrogens is 172 g/mol. The van der Waals surface area contributed by atoms with Gasteiger partial charge in [-0.2, -0.15) is 0 Å². The fourth-order valence-electron chi connectivity index (χ4n) is 1.25. The Labute approximate surface area is 73.0 Å². The Kier molecular flexibility index (Phi) is 1.54. The van der Waals surface area contributed by atoms with E-state index in [2.05, 4.69) is 0 Å². The summed E-state index contributed by atoms with van der Waals surface area (Å²) in [7, 11) is -1.21. The predicted molar refractivity (Wildman–Crippen MR) is 45.4 cm³/mol. The minimum atomic E-state index is -1.21. The van der Waals surface area contributed by atoms with Crippen LogP contribution in [0.15, 0.2) is 34.1 Å². The fourth-order valence-corrected chi connectivity index (χ4v) is 2.43. The lowest BCUT2D eigenvalue weighted by atomic mass is 10.2. The fraction of sp³-hybridized carbons (Fsp3) is 0.111. The second kappa shape index (κ2) is 2.45. The van der Waals surface area contributed by atoms with Crippen LogP contribution in [-0.2, 0) is 10.8 Å². The molecule has 1 unspecified atom stereocenters. The number of benzene rings is 1. The second-order valence-electron chi connectivity index (χ2n) is 2.65. The molecule has 0 aliphatic carbocycles. The average molecular weight is 179 g/mol. The highest BCUT2D eigenvalue weighted by Crippen LogP contribution is 2.32. The van der Waals surface area contributed by atoms with Gasteiger partial charge in [0.15, 0.2) is 0 Å². The van der Waals surface area contributed by atoms with E-state index in [-0.39, 0.29) is 5.76 Å². The monoisotopic (exact) mass is 179 g/mol. The third-order valence-electron chi connectivity index (χ3n) is 1.93. The molecule has 0 N–H and O–H groups in total. The molecule has 62 valence electrons. The van der Waals surface area contributed by atoms with Crippen LogP contribution in [0.5, 0.6) is 0 Å². The summed E-state index contributed by atoms with van der Waals surface area (Å²) < 4.78 is 11.5. The summed E-state index contributed by atoms with van der Waals surface area (Å²) in [5, 5.41) is 11.4. The van der Waals surface area contributed by atoms with E-state index in [0.717, 1.165) is 0 Å². The van der Waals surface area contributed by atoms with Crippen molar-refractivity contribution in [1.82, 2.24) is 0 Å². The highest BCUT2D eigenvalue weighted by Gasteiger charge is 2.18. The van der Waals surface area contributed by atoms with Crippen molar-refractivity contribution < 1.29 is 9.32 Å². The number of hydrogen-bond acceptors (Lipinski definition) is 2. The Balaban J connectivity index is 2.73. The van der Waals surface area contributed by atoms with Gasteiger partial charge in [-0.1, -0.05) is 24.0 Å². The van der Waals surface area contributed by atoms with Gasteiger partial charge in [0.05, 0.1) is 10.8 Å². The highest BCUT2D eigenvalue weighted by molar-refractivity contribution is 7.89. The topological polar surface area (TPSA) is 40.1 Å². The number of allylic oxidation sites excluding steroid dienone is 1. The standard InChI is InChI=1S/C9H8O2S/c1-6-9(10)7-4-2-3-5-8(7)12(6)11/h2-5,10H,1H3/p-1. The lowest BCUT2D eigenvalue weighted by Crippen LogP contribution is -2.00. The van der Waals surface area contributed by atoms with Gasteiger partial charge in [-0.05, 0) is 18.6 Å². The first-order valence-electron chi connectivity index (χ1n) is 3.61. The van der Waals surface area contributed by atoms with Gasteiger partial charge in [0.25, 0.3) is 0 Å². The minimum Gasteiger partial charge on any atom is -0.871 e. The highest BCUT2D eigenvalue weighted by atomic mass is 32.2. The molecule has 0 bridgehead atoms. The van der Waals surface area contributed by atoms with Crippen molar-refractivity contribution in [2.45, 2.75) is 11.8 Å². The van der Waals surface area contributed by atoms with Crippen LogP contribution >= 0.6 is 0 Å². The molecule has 1 aliphatic rings. The molecule has 1 atom stereocenters. The van der Waals surface area contributed by atoms with Gasteiger partial charge in [-0.25, -0.2) is 4.21 Å². The lowest BCUT2D eigenvalue weighted by molar-refractivity contribution is -0.244. The summed E-state index contributed by atoms with van der Waals surface area (Å²) in [6, 6.07) is 7.03. The molecule has 1 aromatic rings. The first-order chi connectivity index (χ1) is 5.72. The van der Waals surface area contributed by atoms with Gasteiger partial charge < -0.3 is 5.11 Å². The van der Waals surface area contributed by atoms with Crippen LogP contribution < -0.4 is 5.11 Å². The number of hydrogen-bond donors (Lipinski definition) is 0. The Morgan fingerprint density at radius 1 is 1.33 bits per heavy atom. The van der Waals surface area contributed by atoms with Gasteiger partial charge >= 0.3 is 0 Å². The van der Waals surface area contributed by atoms with Crippen molar-refractivity contribution >= 4 is 16.6 Å². The lowest BCUT2D eigenvalue weighted by Gasteiger charge is -2.07. The zero-order valence-corrected chi connectivity index (χ0v) is 7.35. The van der Waals surface area contributed by atoms with Gasteiger partial charge in [-0.15, -0.1) is 0 Å². The summed E-state index contributed by atoms with van der Waals surface area (Å²) in [4.78, 5) is 1.09. The molecule has 0 saturated carbocycles. The second-order valence-corrected chi connectivity index (χ2v) is 4.24. The first-order valence-corrected chi connectivity index (χ1v) is 4.76. The van der Waals surface area contributed by atoms with Crippen molar-refractivity contribution in [2.75, 3.05) is 0 Å². The zero-order valence-electron chi connectivity index (χ0n) is 6.53. The first kappa shape index (κ1) is 7.55. The average Bonchev–Trinajstić information content (AvgIpc) is 2.33. The Morgan fingerprint density at radius 2 is 2.00 bits per heavy atom. The Morgan fingerprint density at radius 3 is 2.67 bits per heavy atom. The maximum atomic E-state index is 11.5. The van der Waals surface area contributed by atoms with Crippen LogP contribution in [0.25, 0.3) is 5.76 Å². The summed E-state index contributed by atoms with van der Waals surface area (Å²) in [6.45, 7) is 1.62. The van der Waals surface area contributed by atoms with Crippen LogP contribution in [0.3, 0.4) is 0 Å². The van der Waals surface area contributed by atoms with E-state index >= 15 is 0 Å². The van der Waals surface area contributed by atoms with Crippen LogP contribution in [0.4, 0.5) is 0 Å². The third-order valence-corrected chi connectivity index (χ3v) is 3.43. The van der Waals surface area contributed by atoms with E-state index in [1.807, 2.05) is 0 Å². The van der Waals surface area contributed by atoms with E-state index in [4.69, 9.17) is 0 Å². The molecule has 0 fully saturated rings. The molecule has 0 saturated heterocycles.